The number of aromatic nitrogens is 1. The summed E-state index contributed by atoms with van der Waals surface area (Å²) in [4.78, 5) is 31.3. The summed E-state index contributed by atoms with van der Waals surface area (Å²) in [6, 6.07) is 3.05. The van der Waals surface area contributed by atoms with E-state index in [0.717, 1.165) is 0 Å². The smallest absolute Gasteiger partial charge is 0.460 e. The molecule has 160 valence electrons. The van der Waals surface area contributed by atoms with Gasteiger partial charge in [-0.25, -0.2) is 13.4 Å². The maximum absolute atomic E-state index is 11.7. The van der Waals surface area contributed by atoms with Crippen molar-refractivity contribution in [1.29, 1.82) is 0 Å². The fraction of sp³-hybridized carbons (Fsp3) is 0.545. The van der Waals surface area contributed by atoms with Crippen LogP contribution in [0.2, 0.25) is 0 Å². The molecular formula is C11H18NO13P3. The van der Waals surface area contributed by atoms with Gasteiger partial charge in [-0.3, -0.25) is 14.1 Å². The molecule has 1 fully saturated rings. The van der Waals surface area contributed by atoms with Crippen LogP contribution in [-0.4, -0.2) is 67.8 Å². The first-order chi connectivity index (χ1) is 12.8. The molecule has 3 unspecified atom stereocenters. The highest BCUT2D eigenvalue weighted by atomic mass is 31.3. The normalized spacial score (nSPS) is 31.5. The maximum Gasteiger partial charge on any atom is 0.488 e. The Morgan fingerprint density at radius 3 is 2.36 bits per heavy atom. The average molecular weight is 465 g/mol. The molecule has 0 amide bonds. The lowest BCUT2D eigenvalue weighted by Crippen LogP contribution is -2.35. The fourth-order valence-corrected chi connectivity index (χ4v) is 5.51. The highest BCUT2D eigenvalue weighted by Gasteiger charge is 2.46. The van der Waals surface area contributed by atoms with Crippen LogP contribution in [0.4, 0.5) is 0 Å². The van der Waals surface area contributed by atoms with E-state index in [2.05, 4.69) is 18.1 Å². The summed E-state index contributed by atoms with van der Waals surface area (Å²) >= 11 is 0. The van der Waals surface area contributed by atoms with Crippen LogP contribution in [-0.2, 0) is 31.6 Å². The lowest BCUT2D eigenvalue weighted by atomic mass is 10.1. The minimum atomic E-state index is -5.42. The molecule has 14 nitrogen and oxygen atoms in total. The van der Waals surface area contributed by atoms with Gasteiger partial charge in [-0.15, -0.1) is 0 Å². The molecule has 17 heteroatoms. The van der Waals surface area contributed by atoms with E-state index in [9.17, 15) is 33.7 Å². The fourth-order valence-electron chi connectivity index (χ4n) is 2.03. The van der Waals surface area contributed by atoms with Gasteiger partial charge >= 0.3 is 23.2 Å². The molecule has 2 rings (SSSR count). The molecule has 0 spiro atoms. The van der Waals surface area contributed by atoms with Crippen molar-refractivity contribution >= 4 is 23.2 Å². The number of aliphatic hydroxyl groups excluding tert-OH is 2. The molecule has 28 heavy (non-hydrogen) atoms. The van der Waals surface area contributed by atoms with Crippen molar-refractivity contribution in [3.8, 4) is 5.75 Å². The van der Waals surface area contributed by atoms with Crippen LogP contribution in [0.25, 0.3) is 0 Å². The summed E-state index contributed by atoms with van der Waals surface area (Å²) in [5, 5.41) is 19.9. The molecule has 2 heterocycles. The third-order valence-corrected chi connectivity index (χ3v) is 7.23. The summed E-state index contributed by atoms with van der Waals surface area (Å²) in [5.41, 5.74) is 0. The molecule has 0 bridgehead atoms. The molecule has 0 saturated carbocycles. The van der Waals surface area contributed by atoms with E-state index in [1.54, 1.807) is 6.07 Å². The third kappa shape index (κ3) is 7.27. The van der Waals surface area contributed by atoms with Gasteiger partial charge < -0.3 is 34.4 Å². The second kappa shape index (κ2) is 8.97. The summed E-state index contributed by atoms with van der Waals surface area (Å²) in [6.07, 6.45) is -3.11. The number of aliphatic hydroxyl groups is 2. The zero-order valence-corrected chi connectivity index (χ0v) is 16.8. The Morgan fingerprint density at radius 1 is 1.11 bits per heavy atom. The Morgan fingerprint density at radius 2 is 1.79 bits per heavy atom. The first-order valence-corrected chi connectivity index (χ1v) is 12.4. The quantitative estimate of drug-likeness (QED) is 0.303. The van der Waals surface area contributed by atoms with E-state index in [1.807, 2.05) is 0 Å². The number of ether oxygens (including phenoxy) is 2. The van der Waals surface area contributed by atoms with Crippen LogP contribution in [0, 0.1) is 0 Å². The highest BCUT2D eigenvalue weighted by Crippen LogP contribution is 2.66. The topological polar surface area (TPSA) is 211 Å². The van der Waals surface area contributed by atoms with Gasteiger partial charge in [-0.1, -0.05) is 0 Å². The van der Waals surface area contributed by atoms with Crippen molar-refractivity contribution < 1.29 is 61.2 Å². The largest absolute Gasteiger partial charge is 0.488 e. The van der Waals surface area contributed by atoms with Crippen LogP contribution in [0.5, 0.6) is 5.75 Å². The van der Waals surface area contributed by atoms with Gasteiger partial charge in [-0.2, -0.15) is 4.31 Å². The Hall–Kier alpha value is -0.720. The summed E-state index contributed by atoms with van der Waals surface area (Å²) in [5.74, 6) is 0.211. The molecule has 0 aliphatic carbocycles. The number of nitrogens with zero attached hydrogens (tertiary/aromatic N) is 1. The summed E-state index contributed by atoms with van der Waals surface area (Å²) in [7, 11) is -15.2. The maximum atomic E-state index is 11.7. The minimum absolute atomic E-state index is 0.211. The lowest BCUT2D eigenvalue weighted by molar-refractivity contribution is -0.116. The Bertz CT molecular complexity index is 800. The summed E-state index contributed by atoms with van der Waals surface area (Å²) < 4.78 is 56.6. The number of rotatable bonds is 9. The zero-order valence-electron chi connectivity index (χ0n) is 14.1. The van der Waals surface area contributed by atoms with Crippen molar-refractivity contribution in [1.82, 2.24) is 4.98 Å². The van der Waals surface area contributed by atoms with Crippen LogP contribution in [0.3, 0.4) is 0 Å². The van der Waals surface area contributed by atoms with E-state index in [-0.39, 0.29) is 5.75 Å². The van der Waals surface area contributed by atoms with Gasteiger partial charge in [-0.05, 0) is 12.1 Å². The van der Waals surface area contributed by atoms with Crippen LogP contribution in [0.15, 0.2) is 24.5 Å². The van der Waals surface area contributed by atoms with Crippen molar-refractivity contribution in [3.05, 3.63) is 24.5 Å². The van der Waals surface area contributed by atoms with Crippen molar-refractivity contribution in [2.75, 3.05) is 13.3 Å². The first-order valence-electron chi connectivity index (χ1n) is 7.39. The Labute approximate surface area is 158 Å². The number of hydrogen-bond acceptors (Lipinski definition) is 11. The average Bonchev–Trinajstić information content (AvgIpc) is 2.79. The Kier molecular flexibility index (Phi) is 7.54. The molecule has 0 radical (unpaired) electrons. The molecule has 0 aromatic carbocycles. The number of phosphoric acid groups is 2. The molecular weight excluding hydrogens is 447 g/mol. The van der Waals surface area contributed by atoms with Gasteiger partial charge in [0.25, 0.3) is 0 Å². The van der Waals surface area contributed by atoms with Crippen LogP contribution < -0.4 is 4.74 Å². The zero-order chi connectivity index (χ0) is 21.2. The van der Waals surface area contributed by atoms with E-state index < -0.39 is 54.4 Å². The number of phosphoric ester groups is 1. The van der Waals surface area contributed by atoms with Crippen molar-refractivity contribution in [2.24, 2.45) is 0 Å². The highest BCUT2D eigenvalue weighted by molar-refractivity contribution is 7.68. The molecule has 1 aliphatic heterocycles. The van der Waals surface area contributed by atoms with Gasteiger partial charge in [0.05, 0.1) is 12.8 Å². The molecule has 7 atom stereocenters. The second-order valence-corrected chi connectivity index (χ2v) is 10.6. The van der Waals surface area contributed by atoms with Crippen LogP contribution in [0.1, 0.15) is 0 Å². The molecule has 5 N–H and O–H groups in total. The molecule has 1 aromatic rings. The monoisotopic (exact) mass is 465 g/mol. The van der Waals surface area contributed by atoms with Gasteiger partial charge in [0, 0.05) is 12.9 Å². The van der Waals surface area contributed by atoms with Gasteiger partial charge in [0.2, 0.25) is 6.29 Å². The number of hydrogen-bond donors (Lipinski definition) is 5. The van der Waals surface area contributed by atoms with Crippen molar-refractivity contribution in [2.45, 2.75) is 24.6 Å². The Balaban J connectivity index is 1.93. The lowest BCUT2D eigenvalue weighted by Gasteiger charge is -2.19. The van der Waals surface area contributed by atoms with E-state index >= 15 is 0 Å². The third-order valence-electron chi connectivity index (χ3n) is 3.07. The predicted octanol–water partition coefficient (Wildman–Crippen LogP) is -0.0271. The molecule has 1 saturated heterocycles. The second-order valence-electron chi connectivity index (χ2n) is 5.53. The van der Waals surface area contributed by atoms with Crippen molar-refractivity contribution in [3.63, 3.8) is 0 Å². The predicted molar refractivity (Wildman–Crippen MR) is 89.1 cm³/mol. The molecule has 1 aromatic heterocycles. The standard InChI is InChI=1S/C11H18NO13P3/c1-26(15,16)24-28(19,20)25-27(17,18)21-6-8-9(13)10(14)11(23-8)22-7-3-2-4-12-5-7/h2-5,8-11,13-14H,6H2,1H3,(H,15,16)(H,17,18)(H,19,20)/t8-,9-,10-,11-/m1/s1. The first kappa shape index (κ1) is 23.6. The van der Waals surface area contributed by atoms with Gasteiger partial charge in [0.1, 0.15) is 24.1 Å². The number of pyridine rings is 1. The SMILES string of the molecule is CP(=O)(O)OP(=O)(O)OP(=O)(O)OC[C@H]1O[C@@H](Oc2cccnc2)[C@H](O)[C@@H]1O. The minimum Gasteiger partial charge on any atom is -0.460 e. The molecule has 1 aliphatic rings. The summed E-state index contributed by atoms with van der Waals surface area (Å²) in [6.45, 7) is -0.323. The van der Waals surface area contributed by atoms with E-state index in [1.165, 1.54) is 18.5 Å². The van der Waals surface area contributed by atoms with Gasteiger partial charge in [0.15, 0.2) is 0 Å². The van der Waals surface area contributed by atoms with E-state index in [0.29, 0.717) is 6.66 Å². The van der Waals surface area contributed by atoms with Crippen LogP contribution >= 0.6 is 23.2 Å². The van der Waals surface area contributed by atoms with E-state index in [4.69, 9.17) is 14.4 Å².